The lowest BCUT2D eigenvalue weighted by Crippen LogP contribution is -2.24. The molecule has 0 spiro atoms. The fourth-order valence-corrected chi connectivity index (χ4v) is 4.02. The number of benzene rings is 1. The molecule has 1 amide bonds. The summed E-state index contributed by atoms with van der Waals surface area (Å²) in [6.45, 7) is -0.214. The molecule has 0 fully saturated rings. The monoisotopic (exact) mass is 538 g/mol. The number of ether oxygens (including phenoxy) is 1. The predicted molar refractivity (Wildman–Crippen MR) is 104 cm³/mol. The number of nitrogens with one attached hydrogen (secondary N) is 1. The van der Waals surface area contributed by atoms with Crippen LogP contribution < -0.4 is 10.2 Å². The van der Waals surface area contributed by atoms with Gasteiger partial charge in [-0.25, -0.2) is 5.43 Å². The van der Waals surface area contributed by atoms with Crippen molar-refractivity contribution < 1.29 is 13.9 Å². The molecule has 0 atom stereocenters. The van der Waals surface area contributed by atoms with Gasteiger partial charge in [0.05, 0.1) is 20.2 Å². The molecule has 0 bridgehead atoms. The number of carbonyl (C=O) groups is 1. The first kappa shape index (κ1) is 19.2. The van der Waals surface area contributed by atoms with Crippen molar-refractivity contribution in [3.8, 4) is 5.75 Å². The second kappa shape index (κ2) is 9.41. The zero-order chi connectivity index (χ0) is 17.5. The summed E-state index contributed by atoms with van der Waals surface area (Å²) in [4.78, 5) is 11.7. The third-order valence-electron chi connectivity index (χ3n) is 2.57. The molecule has 0 radical (unpaired) electrons. The maximum Gasteiger partial charge on any atom is 0.277 e. The Morgan fingerprint density at radius 1 is 1.38 bits per heavy atom. The number of allylic oxidation sites excluding steroid dienone is 1. The molecule has 9 heteroatoms. The maximum absolute atomic E-state index is 11.7. The van der Waals surface area contributed by atoms with Gasteiger partial charge in [0, 0.05) is 10.7 Å². The highest BCUT2D eigenvalue weighted by Gasteiger charge is 2.15. The Morgan fingerprint density at radius 2 is 2.17 bits per heavy atom. The Labute approximate surface area is 168 Å². The minimum absolute atomic E-state index is 0.214. The van der Waals surface area contributed by atoms with E-state index in [2.05, 4.69) is 58.3 Å². The van der Waals surface area contributed by atoms with Crippen LogP contribution >= 0.6 is 59.4 Å². The van der Waals surface area contributed by atoms with Crippen molar-refractivity contribution in [1.29, 1.82) is 0 Å². The first-order chi connectivity index (χ1) is 11.5. The fraction of sp³-hybridized carbons (Fsp3) is 0.0667. The zero-order valence-corrected chi connectivity index (χ0v) is 17.4. The van der Waals surface area contributed by atoms with Gasteiger partial charge in [-0.3, -0.25) is 4.79 Å². The second-order valence-corrected chi connectivity index (χ2v) is 7.15. The molecule has 0 aliphatic rings. The lowest BCUT2D eigenvalue weighted by molar-refractivity contribution is -0.123. The molecule has 0 unspecified atom stereocenters. The normalized spacial score (nSPS) is 11.3. The fourth-order valence-electron chi connectivity index (χ4n) is 1.53. The van der Waals surface area contributed by atoms with Crippen LogP contribution in [0.3, 0.4) is 0 Å². The number of hydrogen-bond acceptors (Lipinski definition) is 4. The van der Waals surface area contributed by atoms with E-state index in [1.54, 1.807) is 36.6 Å². The molecule has 2 rings (SSSR count). The number of amides is 1. The Morgan fingerprint density at radius 3 is 2.88 bits per heavy atom. The van der Waals surface area contributed by atoms with Crippen LogP contribution in [0.2, 0.25) is 5.02 Å². The van der Waals surface area contributed by atoms with E-state index >= 15 is 0 Å². The van der Waals surface area contributed by atoms with Crippen molar-refractivity contribution in [3.63, 3.8) is 0 Å². The molecule has 2 aromatic rings. The van der Waals surface area contributed by atoms with Crippen LogP contribution in [0.5, 0.6) is 5.75 Å². The van der Waals surface area contributed by atoms with E-state index in [-0.39, 0.29) is 6.61 Å². The van der Waals surface area contributed by atoms with Crippen molar-refractivity contribution in [1.82, 2.24) is 5.43 Å². The Kier molecular flexibility index (Phi) is 7.54. The maximum atomic E-state index is 11.7. The first-order valence-corrected chi connectivity index (χ1v) is 9.22. The highest BCUT2D eigenvalue weighted by molar-refractivity contribution is 9.11. The van der Waals surface area contributed by atoms with Crippen molar-refractivity contribution in [2.45, 2.75) is 0 Å². The average molecular weight is 541 g/mol. The van der Waals surface area contributed by atoms with E-state index in [0.717, 1.165) is 0 Å². The van der Waals surface area contributed by atoms with Crippen LogP contribution in [-0.4, -0.2) is 18.7 Å². The third-order valence-corrected chi connectivity index (χ3v) is 5.39. The molecule has 1 aromatic carbocycles. The number of rotatable bonds is 6. The molecular formula is C15H10Br3ClN2O3. The highest BCUT2D eigenvalue weighted by Crippen LogP contribution is 2.42. The summed E-state index contributed by atoms with van der Waals surface area (Å²) < 4.78 is 12.5. The van der Waals surface area contributed by atoms with Gasteiger partial charge >= 0.3 is 0 Å². The lowest BCUT2D eigenvalue weighted by atomic mass is 10.3. The molecule has 5 nitrogen and oxygen atoms in total. The largest absolute Gasteiger partial charge is 0.481 e. The summed E-state index contributed by atoms with van der Waals surface area (Å²) in [5.74, 6) is 0.716. The van der Waals surface area contributed by atoms with Crippen LogP contribution in [0.1, 0.15) is 5.76 Å². The van der Waals surface area contributed by atoms with Gasteiger partial charge in [-0.2, -0.15) is 5.10 Å². The average Bonchev–Trinajstić information content (AvgIpc) is 3.05. The summed E-state index contributed by atoms with van der Waals surface area (Å²) in [6, 6.07) is 5.31. The molecule has 0 aliphatic heterocycles. The number of hydrogen-bond donors (Lipinski definition) is 1. The van der Waals surface area contributed by atoms with Crippen molar-refractivity contribution in [3.05, 3.63) is 54.7 Å². The molecule has 1 aromatic heterocycles. The van der Waals surface area contributed by atoms with Gasteiger partial charge in [-0.15, -0.1) is 0 Å². The number of furan rings is 1. The van der Waals surface area contributed by atoms with E-state index in [9.17, 15) is 4.79 Å². The summed E-state index contributed by atoms with van der Waals surface area (Å²) in [5, 5.41) is 4.22. The van der Waals surface area contributed by atoms with Crippen molar-refractivity contribution >= 4 is 77.6 Å². The van der Waals surface area contributed by atoms with Crippen LogP contribution in [0, 0.1) is 0 Å². The molecule has 126 valence electrons. The number of carbonyl (C=O) groups excluding carboxylic acids is 1. The smallest absolute Gasteiger partial charge is 0.277 e. The molecule has 0 saturated carbocycles. The van der Waals surface area contributed by atoms with Crippen molar-refractivity contribution in [2.24, 2.45) is 5.10 Å². The van der Waals surface area contributed by atoms with E-state index in [4.69, 9.17) is 20.8 Å². The minimum Gasteiger partial charge on any atom is -0.481 e. The topological polar surface area (TPSA) is 63.8 Å². The molecular weight excluding hydrogens is 531 g/mol. The number of hydrazone groups is 1. The van der Waals surface area contributed by atoms with Gasteiger partial charge < -0.3 is 9.15 Å². The van der Waals surface area contributed by atoms with E-state index in [1.807, 2.05) is 0 Å². The zero-order valence-electron chi connectivity index (χ0n) is 11.9. The predicted octanol–water partition coefficient (Wildman–Crippen LogP) is 5.41. The minimum atomic E-state index is -0.407. The van der Waals surface area contributed by atoms with Gasteiger partial charge in [0.1, 0.15) is 11.5 Å². The van der Waals surface area contributed by atoms with Gasteiger partial charge in [0.25, 0.3) is 5.91 Å². The van der Waals surface area contributed by atoms with Crippen LogP contribution in [0.25, 0.3) is 6.08 Å². The van der Waals surface area contributed by atoms with Crippen LogP contribution in [0.4, 0.5) is 0 Å². The lowest BCUT2D eigenvalue weighted by Gasteiger charge is -2.11. The summed E-state index contributed by atoms with van der Waals surface area (Å²) in [6.07, 6.45) is 6.36. The summed E-state index contributed by atoms with van der Waals surface area (Å²) >= 11 is 16.1. The number of nitrogens with zero attached hydrogens (tertiary/aromatic N) is 1. The quantitative estimate of drug-likeness (QED) is 0.230. The molecule has 1 heterocycles. The van der Waals surface area contributed by atoms with Gasteiger partial charge in [-0.1, -0.05) is 11.6 Å². The van der Waals surface area contributed by atoms with Crippen LogP contribution in [0.15, 0.2) is 53.5 Å². The van der Waals surface area contributed by atoms with Crippen LogP contribution in [-0.2, 0) is 4.79 Å². The molecule has 0 saturated heterocycles. The van der Waals surface area contributed by atoms with E-state index in [0.29, 0.717) is 30.0 Å². The Balaban J connectivity index is 1.84. The second-order valence-electron chi connectivity index (χ2n) is 4.27. The molecule has 0 aliphatic carbocycles. The van der Waals surface area contributed by atoms with E-state index in [1.165, 1.54) is 6.21 Å². The van der Waals surface area contributed by atoms with E-state index < -0.39 is 5.91 Å². The van der Waals surface area contributed by atoms with Gasteiger partial charge in [-0.05, 0) is 78.1 Å². The third kappa shape index (κ3) is 5.47. The SMILES string of the molecule is O=C(COc1c(Br)cc(Br)c(Cl)c1Br)N/N=C/C=C/c1ccco1. The molecule has 24 heavy (non-hydrogen) atoms. The molecule has 1 N–H and O–H groups in total. The van der Waals surface area contributed by atoms with Gasteiger partial charge in [0.2, 0.25) is 0 Å². The van der Waals surface area contributed by atoms with Gasteiger partial charge in [0.15, 0.2) is 6.61 Å². The first-order valence-electron chi connectivity index (χ1n) is 6.47. The summed E-state index contributed by atoms with van der Waals surface area (Å²) in [5.41, 5.74) is 2.35. The number of halogens is 4. The highest BCUT2D eigenvalue weighted by atomic mass is 79.9. The Hall–Kier alpha value is -1.09. The van der Waals surface area contributed by atoms with Crippen molar-refractivity contribution in [2.75, 3.05) is 6.61 Å². The Bertz CT molecular complexity index is 777. The summed E-state index contributed by atoms with van der Waals surface area (Å²) in [7, 11) is 0. The standard InChI is InChI=1S/C15H10Br3ClN2O3/c16-10-7-11(17)15(13(18)14(10)19)24-8-12(22)21-20-5-1-3-9-4-2-6-23-9/h1-7H,8H2,(H,21,22)/b3-1+,20-5+.